The summed E-state index contributed by atoms with van der Waals surface area (Å²) in [4.78, 5) is 2.20. The predicted molar refractivity (Wildman–Crippen MR) is 108 cm³/mol. The van der Waals surface area contributed by atoms with E-state index in [0.717, 1.165) is 20.9 Å². The first-order chi connectivity index (χ1) is 11.5. The van der Waals surface area contributed by atoms with Crippen molar-refractivity contribution in [2.45, 2.75) is 21.3 Å². The minimum atomic E-state index is 0.0895. The zero-order chi connectivity index (χ0) is 17.5. The van der Waals surface area contributed by atoms with E-state index in [1.165, 1.54) is 23.5 Å². The van der Waals surface area contributed by atoms with E-state index in [1.54, 1.807) is 11.8 Å². The number of nitrogens with one attached hydrogen (secondary N) is 2. The topological polar surface area (TPSA) is 126 Å². The molecule has 0 aliphatic carbocycles. The minimum Gasteiger partial charge on any atom is -0.399 e. The van der Waals surface area contributed by atoms with Gasteiger partial charge in [-0.2, -0.15) is 0 Å². The van der Waals surface area contributed by atoms with Gasteiger partial charge in [-0.3, -0.25) is 10.8 Å². The molecular formula is C16H19N5S3. The van der Waals surface area contributed by atoms with Crippen molar-refractivity contribution >= 4 is 51.3 Å². The van der Waals surface area contributed by atoms with Gasteiger partial charge in [0.2, 0.25) is 0 Å². The van der Waals surface area contributed by atoms with Crippen LogP contribution in [0.15, 0.2) is 52.3 Å². The lowest BCUT2D eigenvalue weighted by Gasteiger charge is -2.12. The maximum atomic E-state index is 7.39. The summed E-state index contributed by atoms with van der Waals surface area (Å²) in [6.45, 7) is 0. The Morgan fingerprint density at radius 2 is 1.42 bits per heavy atom. The fourth-order valence-electron chi connectivity index (χ4n) is 1.96. The SMILES string of the molecule is N=C(N)SCc1ccccc1Sc1ccc(N)cc1CSC(=N)N. The van der Waals surface area contributed by atoms with Crippen LogP contribution in [0.3, 0.4) is 0 Å². The number of thioether (sulfide) groups is 2. The van der Waals surface area contributed by atoms with Crippen molar-refractivity contribution in [3.63, 3.8) is 0 Å². The summed E-state index contributed by atoms with van der Waals surface area (Å²) in [7, 11) is 0. The summed E-state index contributed by atoms with van der Waals surface area (Å²) >= 11 is 4.24. The monoisotopic (exact) mass is 377 g/mol. The highest BCUT2D eigenvalue weighted by molar-refractivity contribution is 8.13. The first-order valence-electron chi connectivity index (χ1n) is 7.03. The Kier molecular flexibility index (Phi) is 6.89. The summed E-state index contributed by atoms with van der Waals surface area (Å²) in [5.74, 6) is 1.26. The Morgan fingerprint density at radius 1 is 0.833 bits per heavy atom. The normalized spacial score (nSPS) is 10.5. The molecule has 0 saturated carbocycles. The van der Waals surface area contributed by atoms with Gasteiger partial charge >= 0.3 is 0 Å². The highest BCUT2D eigenvalue weighted by atomic mass is 32.2. The molecule has 0 fully saturated rings. The van der Waals surface area contributed by atoms with Crippen LogP contribution >= 0.6 is 35.3 Å². The summed E-state index contributed by atoms with van der Waals surface area (Å²) in [6, 6.07) is 13.9. The molecule has 2 rings (SSSR count). The van der Waals surface area contributed by atoms with Gasteiger partial charge in [0, 0.05) is 27.0 Å². The second-order valence-electron chi connectivity index (χ2n) is 4.88. The van der Waals surface area contributed by atoms with Gasteiger partial charge < -0.3 is 17.2 Å². The third-order valence-electron chi connectivity index (χ3n) is 3.04. The molecule has 8 heteroatoms. The summed E-state index contributed by atoms with van der Waals surface area (Å²) in [5.41, 5.74) is 19.7. The first-order valence-corrected chi connectivity index (χ1v) is 9.82. The molecule has 0 saturated heterocycles. The van der Waals surface area contributed by atoms with Crippen LogP contribution < -0.4 is 17.2 Å². The molecule has 2 aromatic rings. The molecule has 0 spiro atoms. The van der Waals surface area contributed by atoms with Crippen LogP contribution in [0, 0.1) is 10.8 Å². The quantitative estimate of drug-likeness (QED) is 0.297. The Hall–Kier alpha value is -1.77. The van der Waals surface area contributed by atoms with Crippen molar-refractivity contribution in [1.29, 1.82) is 10.8 Å². The number of nitrogen functional groups attached to an aromatic ring is 1. The number of nitrogens with two attached hydrogens (primary N) is 3. The Balaban J connectivity index is 2.24. The molecule has 0 heterocycles. The molecule has 0 bridgehead atoms. The lowest BCUT2D eigenvalue weighted by Crippen LogP contribution is -2.04. The number of hydrogen-bond acceptors (Lipinski definition) is 6. The average Bonchev–Trinajstić information content (AvgIpc) is 2.54. The van der Waals surface area contributed by atoms with E-state index in [-0.39, 0.29) is 10.3 Å². The Bertz CT molecular complexity index is 748. The van der Waals surface area contributed by atoms with E-state index in [1.807, 2.05) is 36.4 Å². The van der Waals surface area contributed by atoms with Crippen LogP contribution in [0.4, 0.5) is 5.69 Å². The van der Waals surface area contributed by atoms with Gasteiger partial charge in [0.25, 0.3) is 0 Å². The van der Waals surface area contributed by atoms with E-state index in [0.29, 0.717) is 17.2 Å². The van der Waals surface area contributed by atoms with Gasteiger partial charge in [-0.15, -0.1) is 0 Å². The predicted octanol–water partition coefficient (Wildman–Crippen LogP) is 3.67. The molecule has 0 atom stereocenters. The van der Waals surface area contributed by atoms with Gasteiger partial charge in [-0.05, 0) is 35.4 Å². The molecule has 8 N–H and O–H groups in total. The number of amidine groups is 2. The van der Waals surface area contributed by atoms with E-state index in [4.69, 9.17) is 28.0 Å². The van der Waals surface area contributed by atoms with Crippen LogP contribution in [-0.2, 0) is 11.5 Å². The standard InChI is InChI=1S/C16H19N5S3/c17-12-5-6-14(11(7-12)9-23-16(20)21)24-13-4-2-1-3-10(13)8-22-15(18)19/h1-7H,8-9,17H2,(H3,18,19)(H3,20,21). The third-order valence-corrected chi connectivity index (χ3v) is 5.81. The summed E-state index contributed by atoms with van der Waals surface area (Å²) in [5, 5.41) is 15.0. The van der Waals surface area contributed by atoms with Crippen LogP contribution in [-0.4, -0.2) is 10.3 Å². The number of benzene rings is 2. The van der Waals surface area contributed by atoms with E-state index in [2.05, 4.69) is 6.07 Å². The van der Waals surface area contributed by atoms with Gasteiger partial charge in [-0.1, -0.05) is 53.5 Å². The first kappa shape index (κ1) is 18.6. The average molecular weight is 378 g/mol. The lowest BCUT2D eigenvalue weighted by molar-refractivity contribution is 1.24. The van der Waals surface area contributed by atoms with Crippen LogP contribution in [0.2, 0.25) is 0 Å². The van der Waals surface area contributed by atoms with Crippen molar-refractivity contribution in [3.05, 3.63) is 53.6 Å². The molecule has 0 amide bonds. The fraction of sp³-hybridized carbons (Fsp3) is 0.125. The van der Waals surface area contributed by atoms with Gasteiger partial charge in [-0.25, -0.2) is 0 Å². The smallest absolute Gasteiger partial charge is 0.151 e. The summed E-state index contributed by atoms with van der Waals surface area (Å²) in [6.07, 6.45) is 0. The van der Waals surface area contributed by atoms with Gasteiger partial charge in [0.05, 0.1) is 0 Å². The van der Waals surface area contributed by atoms with Crippen molar-refractivity contribution in [3.8, 4) is 0 Å². The number of anilines is 1. The van der Waals surface area contributed by atoms with Crippen molar-refractivity contribution in [2.24, 2.45) is 11.5 Å². The minimum absolute atomic E-state index is 0.0895. The maximum absolute atomic E-state index is 7.39. The molecule has 5 nitrogen and oxygen atoms in total. The van der Waals surface area contributed by atoms with E-state index >= 15 is 0 Å². The lowest BCUT2D eigenvalue weighted by atomic mass is 10.2. The molecule has 0 radical (unpaired) electrons. The van der Waals surface area contributed by atoms with Crippen molar-refractivity contribution < 1.29 is 0 Å². The highest BCUT2D eigenvalue weighted by Gasteiger charge is 2.10. The molecule has 126 valence electrons. The zero-order valence-corrected chi connectivity index (χ0v) is 15.4. The molecule has 0 aliphatic rings. The Morgan fingerprint density at radius 3 is 2.08 bits per heavy atom. The van der Waals surface area contributed by atoms with E-state index in [9.17, 15) is 0 Å². The summed E-state index contributed by atoms with van der Waals surface area (Å²) < 4.78 is 0. The van der Waals surface area contributed by atoms with Crippen molar-refractivity contribution in [1.82, 2.24) is 0 Å². The number of rotatable bonds is 6. The van der Waals surface area contributed by atoms with E-state index < -0.39 is 0 Å². The zero-order valence-electron chi connectivity index (χ0n) is 12.9. The highest BCUT2D eigenvalue weighted by Crippen LogP contribution is 2.36. The Labute approximate surface area is 154 Å². The second-order valence-corrected chi connectivity index (χ2v) is 8.00. The molecule has 24 heavy (non-hydrogen) atoms. The van der Waals surface area contributed by atoms with Gasteiger partial charge in [0.15, 0.2) is 10.3 Å². The van der Waals surface area contributed by atoms with Crippen molar-refractivity contribution in [2.75, 3.05) is 5.73 Å². The second kappa shape index (κ2) is 8.91. The third kappa shape index (κ3) is 5.70. The molecule has 0 unspecified atom stereocenters. The largest absolute Gasteiger partial charge is 0.399 e. The molecule has 0 aliphatic heterocycles. The van der Waals surface area contributed by atoms with Crippen LogP contribution in [0.5, 0.6) is 0 Å². The van der Waals surface area contributed by atoms with Crippen LogP contribution in [0.25, 0.3) is 0 Å². The fourth-order valence-corrected chi connectivity index (χ4v) is 4.31. The van der Waals surface area contributed by atoms with Crippen LogP contribution in [0.1, 0.15) is 11.1 Å². The molecule has 0 aromatic heterocycles. The molecule has 2 aromatic carbocycles. The maximum Gasteiger partial charge on any atom is 0.151 e. The van der Waals surface area contributed by atoms with Gasteiger partial charge in [0.1, 0.15) is 0 Å². The number of hydrogen-bond donors (Lipinski definition) is 5. The molecular weight excluding hydrogens is 358 g/mol.